The molecule has 4 aromatic rings. The Kier molecular flexibility index (Phi) is 11.4. The Morgan fingerprint density at radius 3 is 2.44 bits per heavy atom. The van der Waals surface area contributed by atoms with Gasteiger partial charge in [0.1, 0.15) is 46.2 Å². The number of amides is 4. The molecule has 1 saturated heterocycles. The fraction of sp³-hybridized carbons (Fsp3) is 0.488. The standard InChI is InChI=1S/C43H46F4N6O9S/c1-41(2,3)62-40(57)48-30-10-8-6-4-5-7-9-25-21-42(25,39(56)52-63(58,59)28-16-17-28)51-36(54)31-20-27(22-53(31)38(30)55)60-37-34-33(29-19-26(44)15-18-32(29)61-34)49-35(50-37)23-11-13-24(14-12-23)43(45,46)47/h7,9,11-15,18-19,25,27-28,30-31H,4-6,8,10,16-17,20-22H2,1-3H3,(H,48,57)(H,51,54)(H,52,56)/b9-7-/t25-,27+,30-,31-,42+/m0/s1. The summed E-state index contributed by atoms with van der Waals surface area (Å²) in [5.74, 6) is -3.81. The number of hydrogen-bond donors (Lipinski definition) is 3. The van der Waals surface area contributed by atoms with Crippen molar-refractivity contribution in [1.29, 1.82) is 0 Å². The lowest BCUT2D eigenvalue weighted by Gasteiger charge is -2.30. The molecule has 0 spiro atoms. The van der Waals surface area contributed by atoms with Crippen molar-refractivity contribution in [3.05, 3.63) is 66.0 Å². The first-order chi connectivity index (χ1) is 29.7. The van der Waals surface area contributed by atoms with Gasteiger partial charge in [-0.25, -0.2) is 22.6 Å². The molecule has 4 heterocycles. The number of aromatic nitrogens is 2. The van der Waals surface area contributed by atoms with Crippen molar-refractivity contribution in [2.45, 2.75) is 119 Å². The van der Waals surface area contributed by atoms with Gasteiger partial charge in [0.05, 0.1) is 17.4 Å². The van der Waals surface area contributed by atoms with E-state index < -0.39 is 91.9 Å². The van der Waals surface area contributed by atoms with Gasteiger partial charge >= 0.3 is 12.3 Å². The molecule has 2 aliphatic heterocycles. The number of hydrogen-bond acceptors (Lipinski definition) is 11. The summed E-state index contributed by atoms with van der Waals surface area (Å²) in [5, 5.41) is 4.97. The fourth-order valence-electron chi connectivity index (χ4n) is 8.06. The van der Waals surface area contributed by atoms with Crippen LogP contribution in [-0.2, 0) is 35.3 Å². The van der Waals surface area contributed by atoms with Gasteiger partial charge in [-0.1, -0.05) is 37.1 Å². The summed E-state index contributed by atoms with van der Waals surface area (Å²) in [6.45, 7) is 4.73. The third-order valence-electron chi connectivity index (χ3n) is 11.5. The molecule has 2 aromatic heterocycles. The van der Waals surface area contributed by atoms with Crippen molar-refractivity contribution in [2.24, 2.45) is 5.92 Å². The zero-order chi connectivity index (χ0) is 45.1. The number of halogens is 4. The lowest BCUT2D eigenvalue weighted by Crippen LogP contribution is -2.58. The predicted molar refractivity (Wildman–Crippen MR) is 219 cm³/mol. The second-order valence-corrected chi connectivity index (χ2v) is 19.5. The number of sulfonamides is 1. The summed E-state index contributed by atoms with van der Waals surface area (Å²) >= 11 is 0. The predicted octanol–water partition coefficient (Wildman–Crippen LogP) is 6.45. The molecule has 3 N–H and O–H groups in total. The molecule has 4 amide bonds. The average Bonchev–Trinajstić information content (AvgIpc) is 4.11. The second-order valence-electron chi connectivity index (χ2n) is 17.5. The third-order valence-corrected chi connectivity index (χ3v) is 13.3. The largest absolute Gasteiger partial charge is 0.470 e. The second kappa shape index (κ2) is 16.4. The van der Waals surface area contributed by atoms with Gasteiger partial charge in [-0.15, -0.1) is 0 Å². The van der Waals surface area contributed by atoms with Gasteiger partial charge in [-0.3, -0.25) is 19.1 Å². The minimum atomic E-state index is -4.61. The molecule has 2 aromatic carbocycles. The molecule has 15 nitrogen and oxygen atoms in total. The summed E-state index contributed by atoms with van der Waals surface area (Å²) in [4.78, 5) is 66.4. The Labute approximate surface area is 359 Å². The number of alkyl halides is 3. The van der Waals surface area contributed by atoms with Crippen LogP contribution >= 0.6 is 0 Å². The quantitative estimate of drug-likeness (QED) is 0.136. The van der Waals surface area contributed by atoms with E-state index in [2.05, 4.69) is 25.3 Å². The Hall–Kier alpha value is -5.79. The number of nitrogens with one attached hydrogen (secondary N) is 3. The topological polar surface area (TPSA) is 199 Å². The van der Waals surface area contributed by atoms with Gasteiger partial charge in [0, 0.05) is 23.3 Å². The van der Waals surface area contributed by atoms with Gasteiger partial charge in [-0.2, -0.15) is 18.2 Å². The van der Waals surface area contributed by atoms with Gasteiger partial charge in [0.15, 0.2) is 5.82 Å². The first-order valence-electron chi connectivity index (χ1n) is 20.8. The van der Waals surface area contributed by atoms with Crippen LogP contribution in [-0.4, -0.2) is 88.2 Å². The van der Waals surface area contributed by atoms with Crippen LogP contribution in [0.2, 0.25) is 0 Å². The van der Waals surface area contributed by atoms with E-state index in [0.717, 1.165) is 18.2 Å². The van der Waals surface area contributed by atoms with Gasteiger partial charge in [0.2, 0.25) is 27.4 Å². The number of furan rings is 1. The zero-order valence-electron chi connectivity index (χ0n) is 34.6. The fourth-order valence-corrected chi connectivity index (χ4v) is 9.43. The van der Waals surface area contributed by atoms with Crippen LogP contribution < -0.4 is 20.1 Å². The first kappa shape index (κ1) is 43.8. The van der Waals surface area contributed by atoms with E-state index in [1.807, 2.05) is 6.08 Å². The highest BCUT2D eigenvalue weighted by atomic mass is 32.2. The molecule has 8 rings (SSSR count). The molecule has 0 radical (unpaired) electrons. The highest BCUT2D eigenvalue weighted by Crippen LogP contribution is 2.46. The maximum Gasteiger partial charge on any atom is 0.416 e. The minimum Gasteiger partial charge on any atom is -0.470 e. The number of fused-ring (bicyclic) bond motifs is 5. The molecule has 2 saturated carbocycles. The Morgan fingerprint density at radius 2 is 1.75 bits per heavy atom. The van der Waals surface area contributed by atoms with Crippen LogP contribution in [0.25, 0.3) is 33.5 Å². The van der Waals surface area contributed by atoms with E-state index in [9.17, 15) is 45.2 Å². The van der Waals surface area contributed by atoms with Crippen molar-refractivity contribution < 1.29 is 59.0 Å². The van der Waals surface area contributed by atoms with Crippen molar-refractivity contribution in [2.75, 3.05) is 6.54 Å². The maximum absolute atomic E-state index is 14.7. The molecule has 3 fully saturated rings. The van der Waals surface area contributed by atoms with E-state index in [0.29, 0.717) is 38.5 Å². The zero-order valence-corrected chi connectivity index (χ0v) is 35.4. The molecule has 336 valence electrons. The number of benzene rings is 2. The molecule has 0 bridgehead atoms. The highest BCUT2D eigenvalue weighted by molar-refractivity contribution is 7.91. The monoisotopic (exact) mass is 898 g/mol. The van der Waals surface area contributed by atoms with Crippen molar-refractivity contribution >= 4 is 55.9 Å². The molecule has 5 atom stereocenters. The van der Waals surface area contributed by atoms with Crippen molar-refractivity contribution in [3.8, 4) is 17.3 Å². The number of alkyl carbamates (subject to hydrolysis) is 1. The lowest BCUT2D eigenvalue weighted by molar-refractivity contribution is -0.141. The summed E-state index contributed by atoms with van der Waals surface area (Å²) in [6, 6.07) is 5.27. The normalized spacial score (nSPS) is 25.3. The highest BCUT2D eigenvalue weighted by Gasteiger charge is 2.62. The Morgan fingerprint density at radius 1 is 1.00 bits per heavy atom. The van der Waals surface area contributed by atoms with Gasteiger partial charge < -0.3 is 29.4 Å². The molecular formula is C43H46F4N6O9S. The Bertz CT molecular complexity index is 2610. The summed E-state index contributed by atoms with van der Waals surface area (Å²) in [6.07, 6.45) is 0.538. The summed E-state index contributed by atoms with van der Waals surface area (Å²) in [7, 11) is -4.00. The maximum atomic E-state index is 14.7. The van der Waals surface area contributed by atoms with Crippen molar-refractivity contribution in [3.63, 3.8) is 0 Å². The van der Waals surface area contributed by atoms with E-state index >= 15 is 0 Å². The van der Waals surface area contributed by atoms with Gasteiger partial charge in [0.25, 0.3) is 11.8 Å². The van der Waals surface area contributed by atoms with E-state index in [1.54, 1.807) is 26.8 Å². The van der Waals surface area contributed by atoms with Crippen molar-refractivity contribution in [1.82, 2.24) is 30.2 Å². The SMILES string of the molecule is CC(C)(C)OC(=O)N[C@H]1CCCCC/C=C\[C@H]2C[C@@]2(C(=O)NS(=O)(=O)C2CC2)NC(=O)[C@@H]2C[C@@H](Oc3nc(-c4ccc(C(F)(F)F)cc4)nc4c3oc3ccc(F)cc34)CN2C1=O. The summed E-state index contributed by atoms with van der Waals surface area (Å²) < 4.78 is 101. The average molecular weight is 899 g/mol. The minimum absolute atomic E-state index is 0.0453. The van der Waals surface area contributed by atoms with Crippen LogP contribution in [0.5, 0.6) is 5.88 Å². The van der Waals surface area contributed by atoms with Crippen LogP contribution in [0.1, 0.15) is 84.1 Å². The molecular weight excluding hydrogens is 853 g/mol. The number of ether oxygens (including phenoxy) is 2. The Balaban J connectivity index is 1.16. The van der Waals surface area contributed by atoms with Crippen LogP contribution in [0.3, 0.4) is 0 Å². The van der Waals surface area contributed by atoms with E-state index in [-0.39, 0.29) is 65.1 Å². The number of carbonyl (C=O) groups is 4. The van der Waals surface area contributed by atoms with Crippen LogP contribution in [0, 0.1) is 11.7 Å². The first-order valence-corrected chi connectivity index (χ1v) is 22.3. The molecule has 2 aliphatic carbocycles. The van der Waals surface area contributed by atoms with Crippen LogP contribution in [0.4, 0.5) is 22.4 Å². The van der Waals surface area contributed by atoms with E-state index in [4.69, 9.17) is 13.9 Å². The third kappa shape index (κ3) is 9.45. The van der Waals surface area contributed by atoms with Gasteiger partial charge in [-0.05, 0) is 89.6 Å². The molecule has 0 unspecified atom stereocenters. The van der Waals surface area contributed by atoms with Crippen LogP contribution in [0.15, 0.2) is 59.0 Å². The van der Waals surface area contributed by atoms with E-state index in [1.165, 1.54) is 29.2 Å². The smallest absolute Gasteiger partial charge is 0.416 e. The number of nitrogens with zero attached hydrogens (tertiary/aromatic N) is 3. The molecule has 20 heteroatoms. The lowest BCUT2D eigenvalue weighted by atomic mass is 10.0. The number of carbonyl (C=O) groups excluding carboxylic acids is 4. The summed E-state index contributed by atoms with van der Waals surface area (Å²) in [5.41, 5.74) is -3.07. The molecule has 4 aliphatic rings. The number of rotatable bonds is 7. The molecule has 63 heavy (non-hydrogen) atoms. The number of allylic oxidation sites excluding steroid dienone is 1.